The third-order valence-corrected chi connectivity index (χ3v) is 4.11. The van der Waals surface area contributed by atoms with Crippen LogP contribution in [0.4, 0.5) is 13.2 Å². The molecule has 21 heavy (non-hydrogen) atoms. The van der Waals surface area contributed by atoms with Crippen molar-refractivity contribution < 1.29 is 40.1 Å². The smallest absolute Gasteiger partial charge is 0.466 e. The summed E-state index contributed by atoms with van der Waals surface area (Å²) in [4.78, 5) is 22.9. The number of carbonyl (C=O) groups excluding carboxylic acids is 2. The maximum atomic E-state index is 12.1. The van der Waals surface area contributed by atoms with Crippen molar-refractivity contribution in [3.8, 4) is 0 Å². The molecule has 10 heteroatoms. The zero-order chi connectivity index (χ0) is 16.3. The molecule has 0 saturated heterocycles. The first-order chi connectivity index (χ1) is 9.58. The van der Waals surface area contributed by atoms with E-state index in [2.05, 4.69) is 4.18 Å². The fraction of sp³-hybridized carbons (Fsp3) is 0.818. The Balaban J connectivity index is 2.55. The number of halogens is 3. The minimum atomic E-state index is -5.93. The average molecular weight is 332 g/mol. The molecule has 0 radical (unpaired) electrons. The van der Waals surface area contributed by atoms with Gasteiger partial charge >= 0.3 is 27.6 Å². The van der Waals surface area contributed by atoms with Gasteiger partial charge in [0.1, 0.15) is 0 Å². The van der Waals surface area contributed by atoms with Crippen LogP contribution in [0.15, 0.2) is 0 Å². The topological polar surface area (TPSA) is 86.7 Å². The van der Waals surface area contributed by atoms with Crippen molar-refractivity contribution in [2.24, 2.45) is 11.8 Å². The summed E-state index contributed by atoms with van der Waals surface area (Å²) in [6, 6.07) is 0. The Bertz CT molecular complexity index is 491. The Morgan fingerprint density at radius 3 is 1.86 bits per heavy atom. The molecule has 0 aromatic heterocycles. The highest BCUT2D eigenvalue weighted by atomic mass is 32.2. The van der Waals surface area contributed by atoms with Crippen LogP contribution in [-0.4, -0.2) is 32.5 Å². The van der Waals surface area contributed by atoms with E-state index in [1.807, 2.05) is 0 Å². The molecule has 0 aromatic rings. The number of carbonyl (C=O) groups is 2. The summed E-state index contributed by atoms with van der Waals surface area (Å²) < 4.78 is 66.1. The van der Waals surface area contributed by atoms with E-state index in [1.54, 1.807) is 6.92 Å². The van der Waals surface area contributed by atoms with Gasteiger partial charge in [-0.2, -0.15) is 21.6 Å². The van der Waals surface area contributed by atoms with E-state index < -0.39 is 39.4 Å². The highest BCUT2D eigenvalue weighted by molar-refractivity contribution is 7.88. The lowest BCUT2D eigenvalue weighted by Gasteiger charge is -2.25. The van der Waals surface area contributed by atoms with E-state index in [0.717, 1.165) is 0 Å². The van der Waals surface area contributed by atoms with E-state index in [-0.39, 0.29) is 32.3 Å². The number of hydrogen-bond acceptors (Lipinski definition) is 6. The van der Waals surface area contributed by atoms with Gasteiger partial charge in [-0.05, 0) is 32.6 Å². The molecule has 0 aromatic carbocycles. The number of esters is 1. The third-order valence-electron chi connectivity index (χ3n) is 3.16. The largest absolute Gasteiger partial charge is 0.534 e. The normalized spacial score (nSPS) is 23.4. The highest BCUT2D eigenvalue weighted by Crippen LogP contribution is 2.32. The minimum absolute atomic E-state index is 0.0791. The Kier molecular flexibility index (Phi) is 5.60. The van der Waals surface area contributed by atoms with Crippen molar-refractivity contribution in [3.05, 3.63) is 0 Å². The number of rotatable bonds is 4. The summed E-state index contributed by atoms with van der Waals surface area (Å²) in [7, 11) is -5.93. The number of ether oxygens (including phenoxy) is 1. The van der Waals surface area contributed by atoms with Gasteiger partial charge in [0.2, 0.25) is 0 Å². The van der Waals surface area contributed by atoms with Crippen molar-refractivity contribution >= 4 is 22.1 Å². The molecular formula is C11H15F3O6S. The summed E-state index contributed by atoms with van der Waals surface area (Å²) in [6.45, 7) is 1.85. The third kappa shape index (κ3) is 4.58. The molecule has 1 saturated carbocycles. The van der Waals surface area contributed by atoms with Crippen molar-refractivity contribution in [2.45, 2.75) is 38.1 Å². The molecule has 1 fully saturated rings. The van der Waals surface area contributed by atoms with E-state index >= 15 is 0 Å². The molecule has 6 nitrogen and oxygen atoms in total. The van der Waals surface area contributed by atoms with Crippen molar-refractivity contribution in [1.29, 1.82) is 0 Å². The molecular weight excluding hydrogens is 317 g/mol. The summed E-state index contributed by atoms with van der Waals surface area (Å²) in [5.41, 5.74) is -5.63. The van der Waals surface area contributed by atoms with Gasteiger partial charge in [0, 0.05) is 0 Å². The number of alkyl halides is 3. The monoisotopic (exact) mass is 332 g/mol. The van der Waals surface area contributed by atoms with Gasteiger partial charge < -0.3 is 8.92 Å². The molecule has 1 rings (SSSR count). The summed E-state index contributed by atoms with van der Waals surface area (Å²) >= 11 is 0. The van der Waals surface area contributed by atoms with Gasteiger partial charge in [-0.25, -0.2) is 0 Å². The van der Waals surface area contributed by atoms with Crippen LogP contribution in [0, 0.1) is 11.8 Å². The van der Waals surface area contributed by atoms with Gasteiger partial charge in [0.25, 0.3) is 0 Å². The lowest BCUT2D eigenvalue weighted by atomic mass is 9.82. The van der Waals surface area contributed by atoms with Gasteiger partial charge in [-0.15, -0.1) is 0 Å². The van der Waals surface area contributed by atoms with Crippen molar-refractivity contribution in [2.75, 3.05) is 6.61 Å². The molecule has 1 aliphatic carbocycles. The van der Waals surface area contributed by atoms with E-state index in [4.69, 9.17) is 4.74 Å². The van der Waals surface area contributed by atoms with Crippen LogP contribution in [0.2, 0.25) is 0 Å². The van der Waals surface area contributed by atoms with Crippen LogP contribution in [0.5, 0.6) is 0 Å². The second-order valence-electron chi connectivity index (χ2n) is 4.60. The predicted molar refractivity (Wildman–Crippen MR) is 63.1 cm³/mol. The first-order valence-corrected chi connectivity index (χ1v) is 7.70. The van der Waals surface area contributed by atoms with Crippen LogP contribution in [0.1, 0.15) is 32.6 Å². The second kappa shape index (κ2) is 6.63. The zero-order valence-corrected chi connectivity index (χ0v) is 12.0. The molecule has 0 unspecified atom stereocenters. The lowest BCUT2D eigenvalue weighted by Crippen LogP contribution is -2.33. The Labute approximate surface area is 119 Å². The van der Waals surface area contributed by atoms with Crippen LogP contribution >= 0.6 is 0 Å². The first-order valence-electron chi connectivity index (χ1n) is 6.29. The molecule has 0 heterocycles. The maximum absolute atomic E-state index is 12.1. The fourth-order valence-electron chi connectivity index (χ4n) is 2.05. The SMILES string of the molecule is CCOC(=O)C1CCC(C(=O)OS(=O)(=O)C(F)(F)F)CC1. The molecule has 0 bridgehead atoms. The first kappa shape index (κ1) is 17.7. The van der Waals surface area contributed by atoms with Crippen molar-refractivity contribution in [3.63, 3.8) is 0 Å². The van der Waals surface area contributed by atoms with Crippen LogP contribution in [0.3, 0.4) is 0 Å². The Morgan fingerprint density at radius 1 is 1.05 bits per heavy atom. The molecule has 1 aliphatic rings. The van der Waals surface area contributed by atoms with Crippen LogP contribution in [0.25, 0.3) is 0 Å². The molecule has 0 amide bonds. The van der Waals surface area contributed by atoms with Gasteiger partial charge in [-0.3, -0.25) is 9.59 Å². The average Bonchev–Trinajstić information content (AvgIpc) is 2.37. The molecule has 122 valence electrons. The second-order valence-corrected chi connectivity index (χ2v) is 6.14. The standard InChI is InChI=1S/C11H15F3O6S/c1-2-19-9(15)7-3-5-8(6-4-7)10(16)20-21(17,18)11(12,13)14/h7-8H,2-6H2,1H3. The van der Waals surface area contributed by atoms with Crippen LogP contribution in [-0.2, 0) is 28.6 Å². The molecule has 0 atom stereocenters. The van der Waals surface area contributed by atoms with Gasteiger partial charge in [0.05, 0.1) is 18.4 Å². The van der Waals surface area contributed by atoms with E-state index in [9.17, 15) is 31.2 Å². The molecule has 0 spiro atoms. The summed E-state index contributed by atoms with van der Waals surface area (Å²) in [5, 5.41) is 0. The minimum Gasteiger partial charge on any atom is -0.466 e. The lowest BCUT2D eigenvalue weighted by molar-refractivity contribution is -0.151. The van der Waals surface area contributed by atoms with E-state index in [0.29, 0.717) is 0 Å². The zero-order valence-electron chi connectivity index (χ0n) is 11.2. The molecule has 0 aliphatic heterocycles. The fourth-order valence-corrected chi connectivity index (χ4v) is 2.50. The predicted octanol–water partition coefficient (Wildman–Crippen LogP) is 1.75. The van der Waals surface area contributed by atoms with E-state index in [1.165, 1.54) is 0 Å². The Hall–Kier alpha value is -1.32. The van der Waals surface area contributed by atoms with Gasteiger partial charge in [0.15, 0.2) is 0 Å². The number of hydrogen-bond donors (Lipinski definition) is 0. The van der Waals surface area contributed by atoms with Crippen LogP contribution < -0.4 is 0 Å². The summed E-state index contributed by atoms with van der Waals surface area (Å²) in [5.74, 6) is -3.25. The highest BCUT2D eigenvalue weighted by Gasteiger charge is 2.50. The van der Waals surface area contributed by atoms with Crippen molar-refractivity contribution in [1.82, 2.24) is 0 Å². The summed E-state index contributed by atoms with van der Waals surface area (Å²) in [6.07, 6.45) is 0.640. The molecule has 0 N–H and O–H groups in total. The van der Waals surface area contributed by atoms with Gasteiger partial charge in [-0.1, -0.05) is 0 Å². The quantitative estimate of drug-likeness (QED) is 0.443. The Morgan fingerprint density at radius 2 is 1.48 bits per heavy atom. The maximum Gasteiger partial charge on any atom is 0.534 e.